The van der Waals surface area contributed by atoms with E-state index in [1.54, 1.807) is 10.0 Å². The van der Waals surface area contributed by atoms with E-state index in [4.69, 9.17) is 0 Å². The fraction of sp³-hybridized carbons (Fsp3) is 0.150. The van der Waals surface area contributed by atoms with Gasteiger partial charge < -0.3 is 0 Å². The molecule has 1 aliphatic carbocycles. The molecule has 1 aliphatic rings. The van der Waals surface area contributed by atoms with Gasteiger partial charge in [0, 0.05) is 0 Å². The fourth-order valence-corrected chi connectivity index (χ4v) is 5.79. The van der Waals surface area contributed by atoms with Crippen LogP contribution in [0.2, 0.25) is 0 Å². The second-order valence-corrected chi connectivity index (χ2v) is 7.90. The summed E-state index contributed by atoms with van der Waals surface area (Å²) in [5.41, 5.74) is 5.87. The first kappa shape index (κ1) is 13.0. The minimum absolute atomic E-state index is 0.505. The van der Waals surface area contributed by atoms with Crippen molar-refractivity contribution in [3.8, 4) is 21.1 Å². The van der Waals surface area contributed by atoms with Gasteiger partial charge in [-0.25, -0.2) is 0 Å². The van der Waals surface area contributed by atoms with Crippen LogP contribution in [-0.2, 0) is 12.8 Å². The Labute approximate surface area is 131 Å². The summed E-state index contributed by atoms with van der Waals surface area (Å²) < 4.78 is 3.25. The molecule has 102 valence electrons. The first-order chi connectivity index (χ1) is 10.4. The van der Waals surface area contributed by atoms with Gasteiger partial charge in [0.25, 0.3) is 0 Å². The molecule has 21 heavy (non-hydrogen) atoms. The van der Waals surface area contributed by atoms with Crippen LogP contribution >= 0.6 is 0 Å². The van der Waals surface area contributed by atoms with E-state index >= 15 is 0 Å². The van der Waals surface area contributed by atoms with Gasteiger partial charge in [0.1, 0.15) is 0 Å². The molecule has 1 heterocycles. The molecule has 0 unspecified atom stereocenters. The molecular formula is C20H17Se+. The van der Waals surface area contributed by atoms with Crippen LogP contribution in [0.4, 0.5) is 0 Å². The van der Waals surface area contributed by atoms with E-state index in [0.717, 1.165) is 0 Å². The van der Waals surface area contributed by atoms with Crippen molar-refractivity contribution in [1.82, 2.24) is 0 Å². The summed E-state index contributed by atoms with van der Waals surface area (Å²) in [6.45, 7) is 0. The van der Waals surface area contributed by atoms with Crippen molar-refractivity contribution in [2.75, 3.05) is 0 Å². The molecule has 0 bridgehead atoms. The second-order valence-electron chi connectivity index (χ2n) is 5.51. The van der Waals surface area contributed by atoms with Gasteiger partial charge in [-0.15, -0.1) is 0 Å². The van der Waals surface area contributed by atoms with Gasteiger partial charge >= 0.3 is 132 Å². The van der Waals surface area contributed by atoms with Crippen molar-refractivity contribution in [3.63, 3.8) is 0 Å². The van der Waals surface area contributed by atoms with Crippen molar-refractivity contribution in [3.05, 3.63) is 76.7 Å². The van der Waals surface area contributed by atoms with Gasteiger partial charge in [-0.1, -0.05) is 0 Å². The quantitative estimate of drug-likeness (QED) is 0.587. The molecule has 0 amide bonds. The van der Waals surface area contributed by atoms with Gasteiger partial charge in [0.05, 0.1) is 0 Å². The molecule has 0 saturated heterocycles. The van der Waals surface area contributed by atoms with Crippen LogP contribution in [0, 0.1) is 0 Å². The number of aryl methyl sites for hydroxylation is 1. The molecule has 0 radical (unpaired) electrons. The van der Waals surface area contributed by atoms with Crippen LogP contribution in [0.5, 0.6) is 0 Å². The molecular weight excluding hydrogens is 319 g/mol. The van der Waals surface area contributed by atoms with E-state index in [9.17, 15) is 0 Å². The number of fused-ring (bicyclic) bond motifs is 1. The molecule has 2 aromatic carbocycles. The Balaban J connectivity index is 1.92. The summed E-state index contributed by atoms with van der Waals surface area (Å²) >= 11 is 0.505. The Kier molecular flexibility index (Phi) is 3.47. The SMILES string of the molecule is c1ccc(-c2cc(-c3ccccc3)c3c([se+]2)CCC3)cc1. The third-order valence-corrected chi connectivity index (χ3v) is 6.81. The molecule has 1 aromatic heterocycles. The molecule has 0 atom stereocenters. The van der Waals surface area contributed by atoms with Crippen molar-refractivity contribution < 1.29 is 0 Å². The van der Waals surface area contributed by atoms with Crippen molar-refractivity contribution in [2.24, 2.45) is 0 Å². The summed E-state index contributed by atoms with van der Waals surface area (Å²) in [6.07, 6.45) is 3.90. The van der Waals surface area contributed by atoms with Crippen LogP contribution in [0.15, 0.2) is 66.7 Å². The van der Waals surface area contributed by atoms with Gasteiger partial charge in [0.2, 0.25) is 0 Å². The Morgan fingerprint density at radius 3 is 2.10 bits per heavy atom. The van der Waals surface area contributed by atoms with Crippen LogP contribution < -0.4 is 0 Å². The third kappa shape index (κ3) is 2.48. The summed E-state index contributed by atoms with van der Waals surface area (Å²) in [5, 5.41) is 0. The van der Waals surface area contributed by atoms with Crippen molar-refractivity contribution in [1.29, 1.82) is 0 Å². The predicted molar refractivity (Wildman–Crippen MR) is 90.7 cm³/mol. The molecule has 0 N–H and O–H groups in total. The molecule has 0 saturated carbocycles. The maximum atomic E-state index is 2.45. The Bertz CT molecular complexity index is 761. The van der Waals surface area contributed by atoms with Gasteiger partial charge in [-0.3, -0.25) is 0 Å². The van der Waals surface area contributed by atoms with E-state index in [1.165, 1.54) is 40.4 Å². The normalized spacial score (nSPS) is 13.1. The van der Waals surface area contributed by atoms with Crippen LogP contribution in [0.25, 0.3) is 21.1 Å². The van der Waals surface area contributed by atoms with Crippen molar-refractivity contribution >= 4 is 14.5 Å². The number of benzene rings is 2. The summed E-state index contributed by atoms with van der Waals surface area (Å²) in [4.78, 5) is 0. The fourth-order valence-electron chi connectivity index (χ4n) is 3.11. The second kappa shape index (κ2) is 5.60. The first-order valence-corrected chi connectivity index (χ1v) is 9.23. The molecule has 4 rings (SSSR count). The van der Waals surface area contributed by atoms with Gasteiger partial charge in [0.15, 0.2) is 0 Å². The Morgan fingerprint density at radius 1 is 0.714 bits per heavy atom. The zero-order valence-corrected chi connectivity index (χ0v) is 13.6. The van der Waals surface area contributed by atoms with Gasteiger partial charge in [-0.2, -0.15) is 0 Å². The first-order valence-electron chi connectivity index (χ1n) is 7.51. The van der Waals surface area contributed by atoms with E-state index in [2.05, 4.69) is 66.7 Å². The number of hydrogen-bond acceptors (Lipinski definition) is 0. The van der Waals surface area contributed by atoms with Crippen LogP contribution in [0.3, 0.4) is 0 Å². The summed E-state index contributed by atoms with van der Waals surface area (Å²) in [7, 11) is 0. The summed E-state index contributed by atoms with van der Waals surface area (Å²) in [6, 6.07) is 24.2. The average Bonchev–Trinajstić information content (AvgIpc) is 3.04. The molecule has 3 aromatic rings. The zero-order chi connectivity index (χ0) is 14.1. The van der Waals surface area contributed by atoms with Crippen molar-refractivity contribution in [2.45, 2.75) is 19.3 Å². The Hall–Kier alpha value is -1.69. The van der Waals surface area contributed by atoms with E-state index in [-0.39, 0.29) is 0 Å². The molecule has 0 aliphatic heterocycles. The van der Waals surface area contributed by atoms with E-state index in [0.29, 0.717) is 14.5 Å². The number of hydrogen-bond donors (Lipinski definition) is 0. The minimum atomic E-state index is 0.505. The Morgan fingerprint density at radius 2 is 1.38 bits per heavy atom. The van der Waals surface area contributed by atoms with E-state index < -0.39 is 0 Å². The maximum absolute atomic E-state index is 2.45. The van der Waals surface area contributed by atoms with Crippen LogP contribution in [-0.4, -0.2) is 14.5 Å². The van der Waals surface area contributed by atoms with Gasteiger partial charge in [-0.05, 0) is 0 Å². The standard InChI is InChI=1S/C20H17Se/c1-3-8-15(9-4-1)18-14-20(16-10-5-2-6-11-16)21-19-13-7-12-17(18)19/h1-6,8-11,14H,7,12-13H2/q+1. The average molecular weight is 336 g/mol. The number of rotatable bonds is 2. The third-order valence-electron chi connectivity index (χ3n) is 4.14. The predicted octanol–water partition coefficient (Wildman–Crippen LogP) is 4.85. The molecule has 0 spiro atoms. The topological polar surface area (TPSA) is 0 Å². The molecule has 0 fully saturated rings. The zero-order valence-electron chi connectivity index (χ0n) is 11.9. The molecule has 1 heteroatoms. The summed E-state index contributed by atoms with van der Waals surface area (Å²) in [5.74, 6) is 0. The van der Waals surface area contributed by atoms with E-state index in [1.807, 2.05) is 0 Å². The van der Waals surface area contributed by atoms with Crippen LogP contribution in [0.1, 0.15) is 16.4 Å². The monoisotopic (exact) mass is 337 g/mol. The molecule has 0 nitrogen and oxygen atoms in total.